The molecule has 0 aliphatic carbocycles. The van der Waals surface area contributed by atoms with E-state index in [-0.39, 0.29) is 24.2 Å². The summed E-state index contributed by atoms with van der Waals surface area (Å²) in [6.45, 7) is 2.76. The van der Waals surface area contributed by atoms with Crippen LogP contribution in [0.3, 0.4) is 0 Å². The van der Waals surface area contributed by atoms with Gasteiger partial charge in [0.15, 0.2) is 0 Å². The van der Waals surface area contributed by atoms with Gasteiger partial charge in [-0.2, -0.15) is 0 Å². The topological polar surface area (TPSA) is 58.2 Å². The van der Waals surface area contributed by atoms with Gasteiger partial charge in [-0.25, -0.2) is 0 Å². The molecule has 1 heterocycles. The molecule has 1 aliphatic rings. The second kappa shape index (κ2) is 5.67. The molecule has 0 spiro atoms. The predicted molar refractivity (Wildman–Crippen MR) is 70.3 cm³/mol. The Morgan fingerprint density at radius 3 is 3.00 bits per heavy atom. The molecule has 1 atom stereocenters. The maximum atomic E-state index is 12.1. The average Bonchev–Trinajstić information content (AvgIpc) is 2.38. The Hall–Kier alpha value is -1.84. The molecule has 0 aromatic heterocycles. The van der Waals surface area contributed by atoms with Crippen LogP contribution in [0, 0.1) is 0 Å². The van der Waals surface area contributed by atoms with E-state index in [1.165, 1.54) is 0 Å². The fourth-order valence-corrected chi connectivity index (χ4v) is 2.16. The number of para-hydroxylation sites is 1. The molecule has 0 saturated carbocycles. The molecule has 1 aromatic carbocycles. The summed E-state index contributed by atoms with van der Waals surface area (Å²) >= 11 is 0. The summed E-state index contributed by atoms with van der Waals surface area (Å²) in [4.78, 5) is 23.7. The number of amides is 2. The van der Waals surface area contributed by atoms with Crippen molar-refractivity contribution in [3.05, 3.63) is 29.8 Å². The molecule has 0 bridgehead atoms. The monoisotopic (exact) mass is 246 g/mol. The highest BCUT2D eigenvalue weighted by atomic mass is 16.2. The van der Waals surface area contributed by atoms with Crippen molar-refractivity contribution >= 4 is 17.5 Å². The van der Waals surface area contributed by atoms with Crippen LogP contribution in [-0.2, 0) is 9.59 Å². The van der Waals surface area contributed by atoms with E-state index in [4.69, 9.17) is 0 Å². The second-order valence-corrected chi connectivity index (χ2v) is 4.54. The van der Waals surface area contributed by atoms with Crippen LogP contribution in [0.15, 0.2) is 24.3 Å². The highest BCUT2D eigenvalue weighted by Crippen LogP contribution is 2.31. The number of benzene rings is 1. The normalized spacial score (nSPS) is 17.8. The average molecular weight is 246 g/mol. The van der Waals surface area contributed by atoms with E-state index in [2.05, 4.69) is 17.6 Å². The van der Waals surface area contributed by atoms with Crippen molar-refractivity contribution < 1.29 is 9.59 Å². The SMILES string of the molecule is CCCCNC(=O)C1CC(=O)Nc2ccccc21. The minimum atomic E-state index is -0.355. The Balaban J connectivity index is 2.13. The number of fused-ring (bicyclic) bond motifs is 1. The van der Waals surface area contributed by atoms with Gasteiger partial charge in [0.05, 0.1) is 5.92 Å². The number of carbonyl (C=O) groups excluding carboxylic acids is 2. The minimum Gasteiger partial charge on any atom is -0.356 e. The van der Waals surface area contributed by atoms with E-state index in [0.717, 1.165) is 24.1 Å². The van der Waals surface area contributed by atoms with Gasteiger partial charge in [0.25, 0.3) is 0 Å². The largest absolute Gasteiger partial charge is 0.356 e. The number of hydrogen-bond donors (Lipinski definition) is 2. The zero-order valence-electron chi connectivity index (χ0n) is 10.5. The van der Waals surface area contributed by atoms with Gasteiger partial charge < -0.3 is 10.6 Å². The highest BCUT2D eigenvalue weighted by molar-refractivity contribution is 6.01. The lowest BCUT2D eigenvalue weighted by Gasteiger charge is -2.24. The highest BCUT2D eigenvalue weighted by Gasteiger charge is 2.29. The zero-order chi connectivity index (χ0) is 13.0. The summed E-state index contributed by atoms with van der Waals surface area (Å²) in [6.07, 6.45) is 2.24. The second-order valence-electron chi connectivity index (χ2n) is 4.54. The van der Waals surface area contributed by atoms with Crippen molar-refractivity contribution in [2.75, 3.05) is 11.9 Å². The molecular weight excluding hydrogens is 228 g/mol. The molecule has 2 N–H and O–H groups in total. The number of anilines is 1. The summed E-state index contributed by atoms with van der Waals surface area (Å²) < 4.78 is 0. The van der Waals surface area contributed by atoms with E-state index < -0.39 is 0 Å². The fourth-order valence-electron chi connectivity index (χ4n) is 2.16. The third kappa shape index (κ3) is 2.70. The molecule has 4 heteroatoms. The van der Waals surface area contributed by atoms with Gasteiger partial charge in [-0.3, -0.25) is 9.59 Å². The molecule has 1 aliphatic heterocycles. The van der Waals surface area contributed by atoms with E-state index >= 15 is 0 Å². The fraction of sp³-hybridized carbons (Fsp3) is 0.429. The summed E-state index contributed by atoms with van der Waals surface area (Å²) in [5.74, 6) is -0.498. The lowest BCUT2D eigenvalue weighted by Crippen LogP contribution is -2.35. The number of hydrogen-bond acceptors (Lipinski definition) is 2. The smallest absolute Gasteiger partial charge is 0.228 e. The van der Waals surface area contributed by atoms with Gasteiger partial charge in [0.1, 0.15) is 0 Å². The summed E-state index contributed by atoms with van der Waals surface area (Å²) in [6, 6.07) is 7.48. The van der Waals surface area contributed by atoms with E-state index in [1.54, 1.807) is 0 Å². The number of unbranched alkanes of at least 4 members (excludes halogenated alkanes) is 1. The minimum absolute atomic E-state index is 0.0502. The molecule has 0 radical (unpaired) electrons. The molecule has 2 amide bonds. The van der Waals surface area contributed by atoms with Gasteiger partial charge in [0, 0.05) is 18.7 Å². The van der Waals surface area contributed by atoms with Crippen molar-refractivity contribution in [2.45, 2.75) is 32.1 Å². The van der Waals surface area contributed by atoms with Crippen LogP contribution in [0.2, 0.25) is 0 Å². The number of rotatable bonds is 4. The Kier molecular flexibility index (Phi) is 3.97. The van der Waals surface area contributed by atoms with E-state index in [0.29, 0.717) is 6.54 Å². The maximum Gasteiger partial charge on any atom is 0.228 e. The molecule has 18 heavy (non-hydrogen) atoms. The maximum absolute atomic E-state index is 12.1. The first-order valence-electron chi connectivity index (χ1n) is 6.39. The van der Waals surface area contributed by atoms with Gasteiger partial charge in [0.2, 0.25) is 11.8 Å². The molecule has 0 saturated heterocycles. The Morgan fingerprint density at radius 2 is 2.22 bits per heavy atom. The van der Waals surface area contributed by atoms with Crippen molar-refractivity contribution in [2.24, 2.45) is 0 Å². The van der Waals surface area contributed by atoms with Crippen LogP contribution in [0.1, 0.15) is 37.7 Å². The van der Waals surface area contributed by atoms with Gasteiger partial charge in [-0.1, -0.05) is 31.5 Å². The summed E-state index contributed by atoms with van der Waals surface area (Å²) in [5.41, 5.74) is 1.66. The molecule has 0 fully saturated rings. The molecule has 1 aromatic rings. The molecule has 2 rings (SSSR count). The predicted octanol–water partition coefficient (Wildman–Crippen LogP) is 2.03. The van der Waals surface area contributed by atoms with Crippen LogP contribution in [-0.4, -0.2) is 18.4 Å². The Morgan fingerprint density at radius 1 is 1.44 bits per heavy atom. The quantitative estimate of drug-likeness (QED) is 0.799. The standard InChI is InChI=1S/C14H18N2O2/c1-2-3-8-15-14(18)11-9-13(17)16-12-7-5-4-6-10(11)12/h4-7,11H,2-3,8-9H2,1H3,(H,15,18)(H,16,17). The lowest BCUT2D eigenvalue weighted by atomic mass is 9.90. The molecule has 4 nitrogen and oxygen atoms in total. The van der Waals surface area contributed by atoms with E-state index in [1.807, 2.05) is 24.3 Å². The van der Waals surface area contributed by atoms with Gasteiger partial charge in [-0.05, 0) is 18.1 Å². The third-order valence-corrected chi connectivity index (χ3v) is 3.15. The first-order chi connectivity index (χ1) is 8.72. The van der Waals surface area contributed by atoms with Crippen LogP contribution in [0.5, 0.6) is 0 Å². The number of nitrogens with one attached hydrogen (secondary N) is 2. The summed E-state index contributed by atoms with van der Waals surface area (Å²) in [5, 5.41) is 5.69. The van der Waals surface area contributed by atoms with Crippen molar-refractivity contribution in [3.8, 4) is 0 Å². The number of carbonyl (C=O) groups is 2. The van der Waals surface area contributed by atoms with Crippen molar-refractivity contribution in [3.63, 3.8) is 0 Å². The molecule has 1 unspecified atom stereocenters. The first kappa shape index (κ1) is 12.6. The first-order valence-corrected chi connectivity index (χ1v) is 6.39. The Bertz CT molecular complexity index is 457. The molecule has 96 valence electrons. The van der Waals surface area contributed by atoms with Gasteiger partial charge >= 0.3 is 0 Å². The van der Waals surface area contributed by atoms with Gasteiger partial charge in [-0.15, -0.1) is 0 Å². The van der Waals surface area contributed by atoms with Crippen LogP contribution in [0.25, 0.3) is 0 Å². The third-order valence-electron chi connectivity index (χ3n) is 3.15. The molecular formula is C14H18N2O2. The van der Waals surface area contributed by atoms with Crippen LogP contribution in [0.4, 0.5) is 5.69 Å². The zero-order valence-corrected chi connectivity index (χ0v) is 10.5. The van der Waals surface area contributed by atoms with E-state index in [9.17, 15) is 9.59 Å². The van der Waals surface area contributed by atoms with Crippen molar-refractivity contribution in [1.82, 2.24) is 5.32 Å². The van der Waals surface area contributed by atoms with Crippen LogP contribution >= 0.6 is 0 Å². The van der Waals surface area contributed by atoms with Crippen LogP contribution < -0.4 is 10.6 Å². The lowest BCUT2D eigenvalue weighted by molar-refractivity contribution is -0.126. The summed E-state index contributed by atoms with van der Waals surface area (Å²) in [7, 11) is 0. The Labute approximate surface area is 107 Å². The van der Waals surface area contributed by atoms with Crippen molar-refractivity contribution in [1.29, 1.82) is 0 Å².